The topological polar surface area (TPSA) is 23.6 Å². The highest BCUT2D eigenvalue weighted by Gasteiger charge is 2.23. The van der Waals surface area contributed by atoms with Crippen molar-refractivity contribution in [3.8, 4) is 0 Å². The molecule has 0 saturated carbocycles. The molecule has 0 bridgehead atoms. The van der Waals surface area contributed by atoms with E-state index >= 15 is 0 Å². The summed E-state index contributed by atoms with van der Waals surface area (Å²) in [4.78, 5) is 16.9. The lowest BCUT2D eigenvalue weighted by Crippen LogP contribution is -2.49. The number of carbonyl (C=O) groups is 1. The molecule has 120 valence electrons. The molecule has 1 heterocycles. The number of rotatable bonds is 2. The molecule has 1 fully saturated rings. The molecule has 2 aromatic rings. The fourth-order valence-electron chi connectivity index (χ4n) is 3.08. The number of benzene rings is 2. The van der Waals surface area contributed by atoms with E-state index in [1.54, 1.807) is 0 Å². The van der Waals surface area contributed by atoms with Crippen molar-refractivity contribution in [3.63, 3.8) is 0 Å². The first-order valence-electron chi connectivity index (χ1n) is 7.91. The Morgan fingerprint density at radius 2 is 1.74 bits per heavy atom. The van der Waals surface area contributed by atoms with Gasteiger partial charge in [0.15, 0.2) is 0 Å². The molecular weight excluding hydrogens is 352 g/mol. The molecule has 0 spiro atoms. The van der Waals surface area contributed by atoms with Crippen LogP contribution in [0.3, 0.4) is 0 Å². The highest BCUT2D eigenvalue weighted by Crippen LogP contribution is 2.25. The van der Waals surface area contributed by atoms with E-state index in [9.17, 15) is 4.79 Å². The zero-order valence-corrected chi connectivity index (χ0v) is 15.1. The van der Waals surface area contributed by atoms with Crippen molar-refractivity contribution in [3.05, 3.63) is 63.6 Å². The van der Waals surface area contributed by atoms with Crippen molar-refractivity contribution in [1.82, 2.24) is 4.90 Å². The predicted octanol–water partition coefficient (Wildman–Crippen LogP) is 4.03. The number of aryl methyl sites for hydroxylation is 2. The molecule has 1 saturated heterocycles. The maximum Gasteiger partial charge on any atom is 0.253 e. The van der Waals surface area contributed by atoms with Crippen molar-refractivity contribution in [2.75, 3.05) is 31.1 Å². The van der Waals surface area contributed by atoms with E-state index in [4.69, 9.17) is 0 Å². The molecule has 1 aliphatic rings. The summed E-state index contributed by atoms with van der Waals surface area (Å²) in [6, 6.07) is 14.2. The second-order valence-electron chi connectivity index (χ2n) is 6.08. The van der Waals surface area contributed by atoms with Crippen LogP contribution in [0.15, 0.2) is 46.9 Å². The Bertz CT molecular complexity index is 721. The van der Waals surface area contributed by atoms with Crippen LogP contribution < -0.4 is 4.90 Å². The third kappa shape index (κ3) is 3.58. The van der Waals surface area contributed by atoms with Gasteiger partial charge in [-0.05, 0) is 49.7 Å². The number of hydrogen-bond donors (Lipinski definition) is 0. The van der Waals surface area contributed by atoms with Gasteiger partial charge in [0.05, 0.1) is 0 Å². The van der Waals surface area contributed by atoms with Gasteiger partial charge in [-0.3, -0.25) is 4.79 Å². The lowest BCUT2D eigenvalue weighted by Gasteiger charge is -2.37. The normalized spacial score (nSPS) is 14.9. The quantitative estimate of drug-likeness (QED) is 0.794. The van der Waals surface area contributed by atoms with E-state index in [0.717, 1.165) is 41.8 Å². The molecule has 1 aliphatic heterocycles. The number of halogens is 1. The van der Waals surface area contributed by atoms with E-state index < -0.39 is 0 Å². The van der Waals surface area contributed by atoms with Gasteiger partial charge in [-0.15, -0.1) is 0 Å². The lowest BCUT2D eigenvalue weighted by molar-refractivity contribution is 0.0746. The number of piperazine rings is 1. The number of anilines is 1. The monoisotopic (exact) mass is 372 g/mol. The van der Waals surface area contributed by atoms with Gasteiger partial charge in [0.2, 0.25) is 0 Å². The third-order valence-electron chi connectivity index (χ3n) is 4.33. The Labute approximate surface area is 146 Å². The van der Waals surface area contributed by atoms with Crippen LogP contribution in [0.1, 0.15) is 21.5 Å². The van der Waals surface area contributed by atoms with Crippen LogP contribution in [-0.4, -0.2) is 37.0 Å². The van der Waals surface area contributed by atoms with Gasteiger partial charge < -0.3 is 9.80 Å². The fourth-order valence-corrected chi connectivity index (χ4v) is 3.56. The molecule has 2 aromatic carbocycles. The van der Waals surface area contributed by atoms with Crippen LogP contribution in [0.25, 0.3) is 0 Å². The van der Waals surface area contributed by atoms with Crippen molar-refractivity contribution in [2.24, 2.45) is 0 Å². The average molecular weight is 373 g/mol. The highest BCUT2D eigenvalue weighted by atomic mass is 79.9. The van der Waals surface area contributed by atoms with Gasteiger partial charge in [-0.1, -0.05) is 33.6 Å². The van der Waals surface area contributed by atoms with Gasteiger partial charge >= 0.3 is 0 Å². The summed E-state index contributed by atoms with van der Waals surface area (Å²) >= 11 is 3.51. The molecule has 3 nitrogen and oxygen atoms in total. The summed E-state index contributed by atoms with van der Waals surface area (Å²) in [6.07, 6.45) is 0. The number of amides is 1. The fraction of sp³-hybridized carbons (Fsp3) is 0.316. The zero-order valence-electron chi connectivity index (χ0n) is 13.6. The minimum absolute atomic E-state index is 0.140. The van der Waals surface area contributed by atoms with E-state index in [1.807, 2.05) is 36.1 Å². The molecule has 0 unspecified atom stereocenters. The molecule has 0 atom stereocenters. The average Bonchev–Trinajstić information content (AvgIpc) is 2.54. The summed E-state index contributed by atoms with van der Waals surface area (Å²) in [7, 11) is 0. The molecule has 0 N–H and O–H groups in total. The van der Waals surface area contributed by atoms with Crippen LogP contribution >= 0.6 is 15.9 Å². The van der Waals surface area contributed by atoms with Gasteiger partial charge in [-0.2, -0.15) is 0 Å². The molecule has 23 heavy (non-hydrogen) atoms. The highest BCUT2D eigenvalue weighted by molar-refractivity contribution is 9.10. The van der Waals surface area contributed by atoms with Crippen molar-refractivity contribution in [1.29, 1.82) is 0 Å². The van der Waals surface area contributed by atoms with Crippen LogP contribution in [0, 0.1) is 13.8 Å². The van der Waals surface area contributed by atoms with Gasteiger partial charge in [0.1, 0.15) is 0 Å². The summed E-state index contributed by atoms with van der Waals surface area (Å²) < 4.78 is 1.10. The molecule has 0 aliphatic carbocycles. The molecule has 0 aromatic heterocycles. The minimum Gasteiger partial charge on any atom is -0.368 e. The summed E-state index contributed by atoms with van der Waals surface area (Å²) in [5, 5.41) is 0. The second-order valence-corrected chi connectivity index (χ2v) is 7.00. The van der Waals surface area contributed by atoms with Crippen LogP contribution in [0.4, 0.5) is 5.69 Å². The SMILES string of the molecule is Cc1cccc(C(=O)N2CCN(c3ccc(Br)cc3C)CC2)c1. The minimum atomic E-state index is 0.140. The lowest BCUT2D eigenvalue weighted by atomic mass is 10.1. The van der Waals surface area contributed by atoms with Gasteiger partial charge in [0.25, 0.3) is 5.91 Å². The van der Waals surface area contributed by atoms with E-state index in [-0.39, 0.29) is 5.91 Å². The Morgan fingerprint density at radius 1 is 1.00 bits per heavy atom. The maximum atomic E-state index is 12.6. The van der Waals surface area contributed by atoms with Crippen molar-refractivity contribution < 1.29 is 4.79 Å². The van der Waals surface area contributed by atoms with Crippen molar-refractivity contribution in [2.45, 2.75) is 13.8 Å². The summed E-state index contributed by atoms with van der Waals surface area (Å²) in [6.45, 7) is 7.43. The third-order valence-corrected chi connectivity index (χ3v) is 4.82. The van der Waals surface area contributed by atoms with E-state index in [1.165, 1.54) is 11.3 Å². The molecule has 1 amide bonds. The Hall–Kier alpha value is -1.81. The zero-order chi connectivity index (χ0) is 16.4. The Morgan fingerprint density at radius 3 is 2.39 bits per heavy atom. The predicted molar refractivity (Wildman–Crippen MR) is 98.2 cm³/mol. The first-order chi connectivity index (χ1) is 11.0. The number of hydrogen-bond acceptors (Lipinski definition) is 2. The van der Waals surface area contributed by atoms with Crippen LogP contribution in [0.5, 0.6) is 0 Å². The first kappa shape index (κ1) is 16.1. The number of nitrogens with zero attached hydrogens (tertiary/aromatic N) is 2. The molecule has 0 radical (unpaired) electrons. The summed E-state index contributed by atoms with van der Waals surface area (Å²) in [5.74, 6) is 0.140. The van der Waals surface area contributed by atoms with Crippen LogP contribution in [0.2, 0.25) is 0 Å². The van der Waals surface area contributed by atoms with E-state index in [2.05, 4.69) is 46.0 Å². The van der Waals surface area contributed by atoms with Crippen molar-refractivity contribution >= 4 is 27.5 Å². The largest absolute Gasteiger partial charge is 0.368 e. The molecular formula is C19H21BrN2O. The second kappa shape index (κ2) is 6.75. The smallest absolute Gasteiger partial charge is 0.253 e. The van der Waals surface area contributed by atoms with Gasteiger partial charge in [0, 0.05) is 41.9 Å². The Balaban J connectivity index is 1.67. The van der Waals surface area contributed by atoms with Crippen LogP contribution in [-0.2, 0) is 0 Å². The first-order valence-corrected chi connectivity index (χ1v) is 8.71. The number of carbonyl (C=O) groups excluding carboxylic acids is 1. The Kier molecular flexibility index (Phi) is 4.71. The summed E-state index contributed by atoms with van der Waals surface area (Å²) in [5.41, 5.74) is 4.44. The van der Waals surface area contributed by atoms with E-state index in [0.29, 0.717) is 0 Å². The maximum absolute atomic E-state index is 12.6. The molecule has 4 heteroatoms. The standard InChI is InChI=1S/C19H21BrN2O/c1-14-4-3-5-16(12-14)19(23)22-10-8-21(9-11-22)18-7-6-17(20)13-15(18)2/h3-7,12-13H,8-11H2,1-2H3. The van der Waals surface area contributed by atoms with Gasteiger partial charge in [-0.25, -0.2) is 0 Å². The molecule has 3 rings (SSSR count).